The molecule has 6 heteroatoms. The minimum atomic E-state index is -0.489. The highest BCUT2D eigenvalue weighted by molar-refractivity contribution is 4.92. The van der Waals surface area contributed by atoms with Crippen molar-refractivity contribution in [3.05, 3.63) is 0 Å². The smallest absolute Gasteiger partial charge is 0.186 e. The molecule has 102 valence electrons. The molecule has 1 saturated heterocycles. The largest absolute Gasteiger partial charge is 0.382 e. The zero-order valence-corrected chi connectivity index (χ0v) is 11.0. The summed E-state index contributed by atoms with van der Waals surface area (Å²) in [5.74, 6) is 0. The lowest BCUT2D eigenvalue weighted by Gasteiger charge is -2.44. The molecule has 6 nitrogen and oxygen atoms in total. The molecule has 0 amide bonds. The summed E-state index contributed by atoms with van der Waals surface area (Å²) >= 11 is 0. The fourth-order valence-electron chi connectivity index (χ4n) is 2.17. The first-order chi connectivity index (χ1) is 8.23. The van der Waals surface area contributed by atoms with Crippen molar-refractivity contribution in [3.8, 4) is 0 Å². The van der Waals surface area contributed by atoms with Crippen LogP contribution in [0.3, 0.4) is 0 Å². The monoisotopic (exact) mass is 250 g/mol. The van der Waals surface area contributed by atoms with Gasteiger partial charge in [-0.05, 0) is 0 Å². The average Bonchev–Trinajstić information content (AvgIpc) is 2.37. The summed E-state index contributed by atoms with van der Waals surface area (Å²) < 4.78 is 32.3. The predicted molar refractivity (Wildman–Crippen MR) is 59.9 cm³/mol. The van der Waals surface area contributed by atoms with Crippen LogP contribution in [0.4, 0.5) is 0 Å². The van der Waals surface area contributed by atoms with Gasteiger partial charge in [0.2, 0.25) is 0 Å². The van der Waals surface area contributed by atoms with Crippen molar-refractivity contribution in [2.24, 2.45) is 0 Å². The Morgan fingerprint density at radius 1 is 0.765 bits per heavy atom. The van der Waals surface area contributed by atoms with Crippen LogP contribution < -0.4 is 0 Å². The van der Waals surface area contributed by atoms with Crippen molar-refractivity contribution in [3.63, 3.8) is 0 Å². The fraction of sp³-hybridized carbons (Fsp3) is 1.00. The Morgan fingerprint density at radius 2 is 1.35 bits per heavy atom. The van der Waals surface area contributed by atoms with Gasteiger partial charge >= 0.3 is 0 Å². The summed E-state index contributed by atoms with van der Waals surface area (Å²) in [6.45, 7) is 0.411. The van der Waals surface area contributed by atoms with Crippen LogP contribution in [0, 0.1) is 0 Å². The molecule has 1 fully saturated rings. The summed E-state index contributed by atoms with van der Waals surface area (Å²) in [4.78, 5) is 0. The third-order valence-electron chi connectivity index (χ3n) is 2.97. The first-order valence-corrected chi connectivity index (χ1v) is 5.49. The SMILES string of the molecule is COC[C@H]1OC(OC)[C@H](OC)[C@H](OC)[C@@H]1OC. The second-order valence-corrected chi connectivity index (χ2v) is 3.83. The number of rotatable bonds is 6. The van der Waals surface area contributed by atoms with Crippen LogP contribution in [0.5, 0.6) is 0 Å². The van der Waals surface area contributed by atoms with Crippen LogP contribution in [0.25, 0.3) is 0 Å². The molecule has 1 aliphatic rings. The molecular formula is C11H22O6. The van der Waals surface area contributed by atoms with Gasteiger partial charge < -0.3 is 28.4 Å². The second kappa shape index (κ2) is 7.25. The Kier molecular flexibility index (Phi) is 6.32. The van der Waals surface area contributed by atoms with E-state index in [1.165, 1.54) is 0 Å². The molecule has 0 aliphatic carbocycles. The van der Waals surface area contributed by atoms with E-state index < -0.39 is 6.29 Å². The van der Waals surface area contributed by atoms with Crippen molar-refractivity contribution in [2.45, 2.75) is 30.7 Å². The van der Waals surface area contributed by atoms with Gasteiger partial charge in [0.05, 0.1) is 6.61 Å². The summed E-state index contributed by atoms with van der Waals surface area (Å²) in [7, 11) is 8.01. The molecule has 1 heterocycles. The molecule has 1 unspecified atom stereocenters. The molecular weight excluding hydrogens is 228 g/mol. The quantitative estimate of drug-likeness (QED) is 0.664. The van der Waals surface area contributed by atoms with Crippen molar-refractivity contribution in [2.75, 3.05) is 42.2 Å². The Bertz CT molecular complexity index is 212. The molecule has 0 aromatic heterocycles. The zero-order valence-electron chi connectivity index (χ0n) is 11.0. The third kappa shape index (κ3) is 3.15. The van der Waals surface area contributed by atoms with Gasteiger partial charge in [0.1, 0.15) is 24.4 Å². The van der Waals surface area contributed by atoms with E-state index in [0.29, 0.717) is 6.61 Å². The molecule has 0 radical (unpaired) electrons. The van der Waals surface area contributed by atoms with Gasteiger partial charge in [0, 0.05) is 35.5 Å². The van der Waals surface area contributed by atoms with E-state index >= 15 is 0 Å². The molecule has 0 saturated carbocycles. The Hall–Kier alpha value is -0.240. The third-order valence-corrected chi connectivity index (χ3v) is 2.97. The molecule has 1 rings (SSSR count). The van der Waals surface area contributed by atoms with Gasteiger partial charge in [0.15, 0.2) is 6.29 Å². The standard InChI is InChI=1S/C11H22O6/c1-12-6-7-8(13-2)9(14-3)10(15-4)11(16-5)17-7/h7-11H,6H2,1-5H3/t7-,8-,9-,10-,11?/m1/s1. The highest BCUT2D eigenvalue weighted by atomic mass is 16.7. The van der Waals surface area contributed by atoms with Crippen molar-refractivity contribution >= 4 is 0 Å². The minimum absolute atomic E-state index is 0.244. The number of hydrogen-bond donors (Lipinski definition) is 0. The van der Waals surface area contributed by atoms with E-state index in [1.807, 2.05) is 0 Å². The van der Waals surface area contributed by atoms with E-state index in [-0.39, 0.29) is 24.4 Å². The van der Waals surface area contributed by atoms with Gasteiger partial charge in [-0.1, -0.05) is 0 Å². The van der Waals surface area contributed by atoms with Crippen LogP contribution in [0.1, 0.15) is 0 Å². The van der Waals surface area contributed by atoms with E-state index in [1.54, 1.807) is 35.5 Å². The maximum Gasteiger partial charge on any atom is 0.186 e. The van der Waals surface area contributed by atoms with Gasteiger partial charge in [0.25, 0.3) is 0 Å². The van der Waals surface area contributed by atoms with Gasteiger partial charge in [-0.3, -0.25) is 0 Å². The topological polar surface area (TPSA) is 55.4 Å². The second-order valence-electron chi connectivity index (χ2n) is 3.83. The van der Waals surface area contributed by atoms with Gasteiger partial charge in [-0.25, -0.2) is 0 Å². The maximum atomic E-state index is 5.74. The number of ether oxygens (including phenoxy) is 6. The van der Waals surface area contributed by atoms with E-state index in [2.05, 4.69) is 0 Å². The summed E-state index contributed by atoms with van der Waals surface area (Å²) in [6.07, 6.45) is -1.58. The Labute approximate surface area is 102 Å². The zero-order chi connectivity index (χ0) is 12.8. The Balaban J connectivity index is 2.84. The van der Waals surface area contributed by atoms with E-state index in [4.69, 9.17) is 28.4 Å². The number of methoxy groups -OCH3 is 5. The molecule has 0 N–H and O–H groups in total. The van der Waals surface area contributed by atoms with Crippen molar-refractivity contribution in [1.82, 2.24) is 0 Å². The van der Waals surface area contributed by atoms with E-state index in [9.17, 15) is 0 Å². The lowest BCUT2D eigenvalue weighted by Crippen LogP contribution is -2.61. The Morgan fingerprint density at radius 3 is 1.76 bits per heavy atom. The molecule has 0 spiro atoms. The molecule has 0 aromatic carbocycles. The minimum Gasteiger partial charge on any atom is -0.382 e. The number of hydrogen-bond acceptors (Lipinski definition) is 6. The fourth-order valence-corrected chi connectivity index (χ4v) is 2.17. The van der Waals surface area contributed by atoms with Crippen LogP contribution in [-0.4, -0.2) is 72.9 Å². The van der Waals surface area contributed by atoms with Crippen molar-refractivity contribution < 1.29 is 28.4 Å². The van der Waals surface area contributed by atoms with Gasteiger partial charge in [-0.15, -0.1) is 0 Å². The first kappa shape index (κ1) is 14.8. The summed E-state index contributed by atoms with van der Waals surface area (Å²) in [5, 5.41) is 0. The lowest BCUT2D eigenvalue weighted by molar-refractivity contribution is -0.307. The summed E-state index contributed by atoms with van der Waals surface area (Å²) in [6, 6.07) is 0. The molecule has 0 aromatic rings. The van der Waals surface area contributed by atoms with Crippen LogP contribution in [0.2, 0.25) is 0 Å². The average molecular weight is 250 g/mol. The first-order valence-electron chi connectivity index (χ1n) is 5.49. The predicted octanol–water partition coefficient (Wildman–Crippen LogP) is 0.0491. The summed E-state index contributed by atoms with van der Waals surface area (Å²) in [5.41, 5.74) is 0. The van der Waals surface area contributed by atoms with Crippen LogP contribution in [0.15, 0.2) is 0 Å². The highest BCUT2D eigenvalue weighted by Gasteiger charge is 2.47. The van der Waals surface area contributed by atoms with E-state index in [0.717, 1.165) is 0 Å². The molecule has 0 bridgehead atoms. The van der Waals surface area contributed by atoms with Crippen molar-refractivity contribution in [1.29, 1.82) is 0 Å². The molecule has 1 aliphatic heterocycles. The maximum absolute atomic E-state index is 5.74. The van der Waals surface area contributed by atoms with Crippen LogP contribution in [-0.2, 0) is 28.4 Å². The lowest BCUT2D eigenvalue weighted by atomic mass is 9.98. The van der Waals surface area contributed by atoms with Crippen LogP contribution >= 0.6 is 0 Å². The molecule has 5 atom stereocenters. The molecule has 17 heavy (non-hydrogen) atoms. The van der Waals surface area contributed by atoms with Gasteiger partial charge in [-0.2, -0.15) is 0 Å². The highest BCUT2D eigenvalue weighted by Crippen LogP contribution is 2.27. The normalized spacial score (nSPS) is 38.3.